The number of rotatable bonds is 3. The maximum Gasteiger partial charge on any atom is 0.270 e. The van der Waals surface area contributed by atoms with Crippen molar-refractivity contribution in [3.8, 4) is 22.2 Å². The minimum Gasteiger partial charge on any atom is -0.452 e. The van der Waals surface area contributed by atoms with Crippen LogP contribution in [0.4, 0.5) is 5.69 Å². The monoisotopic (exact) mass is 377 g/mol. The van der Waals surface area contributed by atoms with Gasteiger partial charge < -0.3 is 4.42 Å². The van der Waals surface area contributed by atoms with Crippen molar-refractivity contribution in [1.29, 1.82) is 0 Å². The third-order valence-electron chi connectivity index (χ3n) is 4.34. The molecule has 0 N–H and O–H groups in total. The van der Waals surface area contributed by atoms with Crippen molar-refractivity contribution in [3.63, 3.8) is 0 Å². The number of aromatic nitrogens is 4. The van der Waals surface area contributed by atoms with Gasteiger partial charge in [0.2, 0.25) is 10.8 Å². The number of benzene rings is 2. The molecule has 3 heterocycles. The summed E-state index contributed by atoms with van der Waals surface area (Å²) >= 11 is 1.31. The maximum atomic E-state index is 11.0. The van der Waals surface area contributed by atoms with Crippen LogP contribution in [0.1, 0.15) is 5.56 Å². The largest absolute Gasteiger partial charge is 0.452 e. The quantitative estimate of drug-likeness (QED) is 0.339. The molecule has 0 unspecified atom stereocenters. The molecule has 0 aliphatic heterocycles. The second kappa shape index (κ2) is 5.71. The van der Waals surface area contributed by atoms with Gasteiger partial charge in [0, 0.05) is 28.6 Å². The summed E-state index contributed by atoms with van der Waals surface area (Å²) in [5, 5.41) is 25.6. The highest BCUT2D eigenvalue weighted by Gasteiger charge is 2.21. The number of para-hydroxylation sites is 1. The second-order valence-electron chi connectivity index (χ2n) is 5.98. The van der Waals surface area contributed by atoms with Gasteiger partial charge in [0.25, 0.3) is 5.69 Å². The highest BCUT2D eigenvalue weighted by molar-refractivity contribution is 7.19. The van der Waals surface area contributed by atoms with Gasteiger partial charge in [-0.3, -0.25) is 10.1 Å². The summed E-state index contributed by atoms with van der Waals surface area (Å²) in [6, 6.07) is 14.1. The Bertz CT molecular complexity index is 1330. The molecule has 27 heavy (non-hydrogen) atoms. The molecule has 5 aromatic rings. The molecule has 0 amide bonds. The van der Waals surface area contributed by atoms with Crippen molar-refractivity contribution in [1.82, 2.24) is 19.8 Å². The smallest absolute Gasteiger partial charge is 0.270 e. The first-order valence-electron chi connectivity index (χ1n) is 8.07. The Labute approximate surface area is 155 Å². The zero-order valence-electron chi connectivity index (χ0n) is 14.0. The van der Waals surface area contributed by atoms with Crippen molar-refractivity contribution < 1.29 is 9.34 Å². The highest BCUT2D eigenvalue weighted by atomic mass is 32.1. The number of non-ortho nitro benzene ring substituents is 1. The van der Waals surface area contributed by atoms with Gasteiger partial charge in [0.15, 0.2) is 5.76 Å². The minimum atomic E-state index is -0.424. The number of nitrogens with zero attached hydrogens (tertiary/aromatic N) is 5. The van der Waals surface area contributed by atoms with E-state index in [4.69, 9.17) is 4.42 Å². The summed E-state index contributed by atoms with van der Waals surface area (Å²) in [6.07, 6.45) is 0. The van der Waals surface area contributed by atoms with Gasteiger partial charge in [-0.25, -0.2) is 0 Å². The van der Waals surface area contributed by atoms with Gasteiger partial charge in [-0.15, -0.1) is 10.2 Å². The van der Waals surface area contributed by atoms with Crippen LogP contribution in [-0.4, -0.2) is 24.7 Å². The molecule has 9 heteroatoms. The van der Waals surface area contributed by atoms with Crippen molar-refractivity contribution in [2.24, 2.45) is 0 Å². The van der Waals surface area contributed by atoms with E-state index in [2.05, 4.69) is 15.3 Å². The lowest BCUT2D eigenvalue weighted by Crippen LogP contribution is -1.92. The van der Waals surface area contributed by atoms with E-state index in [0.29, 0.717) is 27.1 Å². The van der Waals surface area contributed by atoms with Crippen LogP contribution >= 0.6 is 11.3 Å². The van der Waals surface area contributed by atoms with Crippen LogP contribution in [0.2, 0.25) is 0 Å². The summed E-state index contributed by atoms with van der Waals surface area (Å²) in [4.78, 5) is 11.2. The molecule has 0 fully saturated rings. The molecule has 0 bridgehead atoms. The molecule has 0 spiro atoms. The number of aryl methyl sites for hydroxylation is 1. The van der Waals surface area contributed by atoms with Gasteiger partial charge in [0.05, 0.1) is 4.92 Å². The molecule has 0 aliphatic carbocycles. The molecule has 8 nitrogen and oxygen atoms in total. The Morgan fingerprint density at radius 2 is 2.00 bits per heavy atom. The molecular weight excluding hydrogens is 366 g/mol. The number of nitro benzene ring substituents is 1. The van der Waals surface area contributed by atoms with Gasteiger partial charge in [0.1, 0.15) is 10.6 Å². The Kier molecular flexibility index (Phi) is 3.31. The number of nitro groups is 1. The number of fused-ring (bicyclic) bond motifs is 2. The Balaban J connectivity index is 1.66. The van der Waals surface area contributed by atoms with Crippen LogP contribution in [0.15, 0.2) is 52.9 Å². The van der Waals surface area contributed by atoms with Crippen molar-refractivity contribution in [2.45, 2.75) is 6.92 Å². The SMILES string of the molecule is Cc1c(-c2nnc3sc(-c4cccc([N+](=O)[O-])c4)nn23)oc2ccccc12. The summed E-state index contributed by atoms with van der Waals surface area (Å²) < 4.78 is 7.58. The van der Waals surface area contributed by atoms with E-state index >= 15 is 0 Å². The lowest BCUT2D eigenvalue weighted by atomic mass is 10.1. The molecular formula is C18H11N5O3S. The van der Waals surface area contributed by atoms with E-state index in [1.165, 1.54) is 23.5 Å². The normalized spacial score (nSPS) is 11.4. The third-order valence-corrected chi connectivity index (χ3v) is 5.29. The molecule has 0 saturated heterocycles. The van der Waals surface area contributed by atoms with E-state index in [-0.39, 0.29) is 5.69 Å². The number of hydrogen-bond donors (Lipinski definition) is 0. The summed E-state index contributed by atoms with van der Waals surface area (Å²) in [5.41, 5.74) is 2.42. The summed E-state index contributed by atoms with van der Waals surface area (Å²) in [7, 11) is 0. The van der Waals surface area contributed by atoms with E-state index < -0.39 is 4.92 Å². The molecule has 2 aromatic carbocycles. The lowest BCUT2D eigenvalue weighted by molar-refractivity contribution is -0.384. The predicted molar refractivity (Wildman–Crippen MR) is 101 cm³/mol. The zero-order chi connectivity index (χ0) is 18.5. The first-order chi connectivity index (χ1) is 13.1. The average Bonchev–Trinajstić information content (AvgIpc) is 3.35. The maximum absolute atomic E-state index is 11.0. The summed E-state index contributed by atoms with van der Waals surface area (Å²) in [6.45, 7) is 1.97. The average molecular weight is 377 g/mol. The first-order valence-corrected chi connectivity index (χ1v) is 8.89. The second-order valence-corrected chi connectivity index (χ2v) is 6.94. The van der Waals surface area contributed by atoms with Crippen LogP contribution in [0.5, 0.6) is 0 Å². The summed E-state index contributed by atoms with van der Waals surface area (Å²) in [5.74, 6) is 1.12. The van der Waals surface area contributed by atoms with Crippen molar-refractivity contribution in [3.05, 3.63) is 64.2 Å². The standard InChI is InChI=1S/C18H11N5O3S/c1-10-13-7-2-3-8-14(13)26-15(10)16-19-20-18-22(16)21-17(27-18)11-5-4-6-12(9-11)23(24)25/h2-9H,1H3. The molecule has 5 rings (SSSR count). The fourth-order valence-electron chi connectivity index (χ4n) is 3.02. The topological polar surface area (TPSA) is 99.4 Å². The molecule has 0 atom stereocenters. The van der Waals surface area contributed by atoms with Crippen molar-refractivity contribution >= 4 is 33.0 Å². The molecule has 3 aromatic heterocycles. The number of hydrogen-bond acceptors (Lipinski definition) is 7. The Morgan fingerprint density at radius 3 is 2.81 bits per heavy atom. The highest BCUT2D eigenvalue weighted by Crippen LogP contribution is 2.34. The third kappa shape index (κ3) is 2.40. The number of furan rings is 1. The lowest BCUT2D eigenvalue weighted by Gasteiger charge is -1.96. The van der Waals surface area contributed by atoms with Crippen LogP contribution < -0.4 is 0 Å². The zero-order valence-corrected chi connectivity index (χ0v) is 14.8. The van der Waals surface area contributed by atoms with E-state index in [0.717, 1.165) is 16.5 Å². The Morgan fingerprint density at radius 1 is 1.15 bits per heavy atom. The van der Waals surface area contributed by atoms with E-state index in [1.807, 2.05) is 31.2 Å². The first kappa shape index (κ1) is 15.6. The molecule has 0 radical (unpaired) electrons. The van der Waals surface area contributed by atoms with Gasteiger partial charge >= 0.3 is 0 Å². The fraction of sp³-hybridized carbons (Fsp3) is 0.0556. The van der Waals surface area contributed by atoms with Gasteiger partial charge in [-0.2, -0.15) is 9.61 Å². The van der Waals surface area contributed by atoms with E-state index in [9.17, 15) is 10.1 Å². The predicted octanol–water partition coefficient (Wildman–Crippen LogP) is 4.48. The fourth-order valence-corrected chi connectivity index (χ4v) is 3.85. The van der Waals surface area contributed by atoms with Gasteiger partial charge in [-0.05, 0) is 13.0 Å². The molecule has 0 aliphatic rings. The minimum absolute atomic E-state index is 0.0202. The van der Waals surface area contributed by atoms with E-state index in [1.54, 1.807) is 16.6 Å². The van der Waals surface area contributed by atoms with Crippen LogP contribution in [0.25, 0.3) is 38.1 Å². The van der Waals surface area contributed by atoms with Crippen molar-refractivity contribution in [2.75, 3.05) is 0 Å². The van der Waals surface area contributed by atoms with Crippen LogP contribution in [-0.2, 0) is 0 Å². The van der Waals surface area contributed by atoms with Gasteiger partial charge in [-0.1, -0.05) is 41.7 Å². The Hall–Kier alpha value is -3.59. The molecule has 0 saturated carbocycles. The van der Waals surface area contributed by atoms with Crippen LogP contribution in [0, 0.1) is 17.0 Å². The molecule has 132 valence electrons. The van der Waals surface area contributed by atoms with Crippen LogP contribution in [0.3, 0.4) is 0 Å².